The molecule has 0 atom stereocenters. The number of carboxylic acid groups (broad SMARTS) is 1. The summed E-state index contributed by atoms with van der Waals surface area (Å²) in [6, 6.07) is 0. The summed E-state index contributed by atoms with van der Waals surface area (Å²) in [5, 5.41) is 10.8. The maximum absolute atomic E-state index is 11.9. The molecule has 1 fully saturated rings. The molecule has 0 bridgehead atoms. The fourth-order valence-electron chi connectivity index (χ4n) is 4.10. The smallest absolute Gasteiger partial charge is 0.306 e. The number of carbonyl (C=O) groups excluding carboxylic acids is 1. The molecular formula is C21H39NO5. The van der Waals surface area contributed by atoms with E-state index in [9.17, 15) is 9.59 Å². The highest BCUT2D eigenvalue weighted by Gasteiger charge is 2.47. The van der Waals surface area contributed by atoms with E-state index < -0.39 is 11.9 Å². The van der Waals surface area contributed by atoms with E-state index in [1.807, 2.05) is 0 Å². The van der Waals surface area contributed by atoms with Gasteiger partial charge in [0.25, 0.3) is 0 Å². The summed E-state index contributed by atoms with van der Waals surface area (Å²) in [4.78, 5) is 28.7. The third-order valence-corrected chi connectivity index (χ3v) is 5.11. The van der Waals surface area contributed by atoms with Crippen molar-refractivity contribution in [3.8, 4) is 0 Å². The zero-order valence-corrected chi connectivity index (χ0v) is 17.9. The SMILES string of the molecule is CCCCCCCCON1C(C)(C)CC(OC(=O)CCC(=O)O)CC1(C)C. The molecule has 0 saturated carbocycles. The molecule has 0 aromatic heterocycles. The Morgan fingerprint density at radius 1 is 0.963 bits per heavy atom. The van der Waals surface area contributed by atoms with Crippen LogP contribution in [0, 0.1) is 0 Å². The lowest BCUT2D eigenvalue weighted by Crippen LogP contribution is -2.62. The van der Waals surface area contributed by atoms with Crippen molar-refractivity contribution >= 4 is 11.9 Å². The first-order valence-electron chi connectivity index (χ1n) is 10.4. The van der Waals surface area contributed by atoms with Crippen LogP contribution in [-0.4, -0.2) is 45.9 Å². The molecule has 0 aromatic carbocycles. The van der Waals surface area contributed by atoms with E-state index in [0.717, 1.165) is 6.42 Å². The van der Waals surface area contributed by atoms with E-state index in [2.05, 4.69) is 39.7 Å². The van der Waals surface area contributed by atoms with Crippen molar-refractivity contribution < 1.29 is 24.3 Å². The largest absolute Gasteiger partial charge is 0.481 e. The van der Waals surface area contributed by atoms with Gasteiger partial charge in [0.15, 0.2) is 0 Å². The Bertz CT molecular complexity index is 457. The monoisotopic (exact) mass is 385 g/mol. The number of aliphatic carboxylic acids is 1. The number of hydrogen-bond acceptors (Lipinski definition) is 5. The Morgan fingerprint density at radius 2 is 1.52 bits per heavy atom. The van der Waals surface area contributed by atoms with Crippen LogP contribution >= 0.6 is 0 Å². The Balaban J connectivity index is 2.49. The number of unbranched alkanes of at least 4 members (excludes halogenated alkanes) is 5. The van der Waals surface area contributed by atoms with E-state index >= 15 is 0 Å². The van der Waals surface area contributed by atoms with Crippen LogP contribution in [0.4, 0.5) is 0 Å². The number of carboxylic acids is 1. The van der Waals surface area contributed by atoms with Crippen LogP contribution < -0.4 is 0 Å². The first-order chi connectivity index (χ1) is 12.6. The average molecular weight is 386 g/mol. The maximum Gasteiger partial charge on any atom is 0.306 e. The minimum Gasteiger partial charge on any atom is -0.481 e. The number of carbonyl (C=O) groups is 2. The van der Waals surface area contributed by atoms with Crippen LogP contribution in [0.25, 0.3) is 0 Å². The molecule has 1 aliphatic rings. The summed E-state index contributed by atoms with van der Waals surface area (Å²) >= 11 is 0. The molecule has 0 spiro atoms. The second kappa shape index (κ2) is 11.0. The van der Waals surface area contributed by atoms with Gasteiger partial charge in [-0.2, -0.15) is 5.06 Å². The van der Waals surface area contributed by atoms with E-state index in [1.165, 1.54) is 32.1 Å². The molecule has 6 nitrogen and oxygen atoms in total. The zero-order valence-electron chi connectivity index (χ0n) is 17.9. The molecule has 0 aliphatic carbocycles. The van der Waals surface area contributed by atoms with Crippen molar-refractivity contribution in [2.75, 3.05) is 6.61 Å². The van der Waals surface area contributed by atoms with Gasteiger partial charge in [0.2, 0.25) is 0 Å². The molecule has 6 heteroatoms. The van der Waals surface area contributed by atoms with Gasteiger partial charge in [-0.25, -0.2) is 0 Å². The normalized spacial score (nSPS) is 19.7. The van der Waals surface area contributed by atoms with Crippen molar-refractivity contribution in [1.82, 2.24) is 5.06 Å². The molecule has 0 radical (unpaired) electrons. The highest BCUT2D eigenvalue weighted by atomic mass is 16.7. The molecule has 1 N–H and O–H groups in total. The van der Waals surface area contributed by atoms with Gasteiger partial charge in [0.05, 0.1) is 19.4 Å². The minimum absolute atomic E-state index is 0.0784. The number of hydroxylamine groups is 2. The molecule has 0 aromatic rings. The van der Waals surface area contributed by atoms with Crippen molar-refractivity contribution in [3.05, 3.63) is 0 Å². The fraction of sp³-hybridized carbons (Fsp3) is 0.905. The zero-order chi connectivity index (χ0) is 20.5. The predicted octanol–water partition coefficient (Wildman–Crippen LogP) is 4.71. The first-order valence-corrected chi connectivity index (χ1v) is 10.4. The Hall–Kier alpha value is -1.14. The lowest BCUT2D eigenvalue weighted by molar-refractivity contribution is -0.293. The van der Waals surface area contributed by atoms with E-state index in [-0.39, 0.29) is 30.0 Å². The first kappa shape index (κ1) is 23.9. The van der Waals surface area contributed by atoms with Crippen molar-refractivity contribution in [3.63, 3.8) is 0 Å². The van der Waals surface area contributed by atoms with Gasteiger partial charge in [-0.05, 0) is 34.1 Å². The standard InChI is InChI=1S/C21H39NO5/c1-6-7-8-9-10-11-14-26-22-20(2,3)15-17(16-21(22,4)5)27-19(25)13-12-18(23)24/h17H,6-16H2,1-5H3,(H,23,24). The third-order valence-electron chi connectivity index (χ3n) is 5.11. The summed E-state index contributed by atoms with van der Waals surface area (Å²) in [7, 11) is 0. The summed E-state index contributed by atoms with van der Waals surface area (Å²) in [6.07, 6.45) is 8.23. The van der Waals surface area contributed by atoms with Gasteiger partial charge in [-0.3, -0.25) is 14.4 Å². The van der Waals surface area contributed by atoms with Gasteiger partial charge in [0, 0.05) is 23.9 Å². The summed E-state index contributed by atoms with van der Waals surface area (Å²) < 4.78 is 5.56. The number of esters is 1. The van der Waals surface area contributed by atoms with Gasteiger partial charge in [-0.1, -0.05) is 39.0 Å². The van der Waals surface area contributed by atoms with Gasteiger partial charge < -0.3 is 9.84 Å². The van der Waals surface area contributed by atoms with E-state index in [4.69, 9.17) is 14.7 Å². The van der Waals surface area contributed by atoms with Crippen LogP contribution in [0.2, 0.25) is 0 Å². The van der Waals surface area contributed by atoms with Crippen LogP contribution in [0.3, 0.4) is 0 Å². The fourth-order valence-corrected chi connectivity index (χ4v) is 4.10. The average Bonchev–Trinajstić information content (AvgIpc) is 2.53. The molecule has 1 aliphatic heterocycles. The van der Waals surface area contributed by atoms with Gasteiger partial charge in [0.1, 0.15) is 6.10 Å². The number of nitrogens with zero attached hydrogens (tertiary/aromatic N) is 1. The highest BCUT2D eigenvalue weighted by molar-refractivity contribution is 5.76. The molecule has 27 heavy (non-hydrogen) atoms. The molecule has 0 amide bonds. The Morgan fingerprint density at radius 3 is 2.07 bits per heavy atom. The molecule has 1 rings (SSSR count). The lowest BCUT2D eigenvalue weighted by atomic mass is 9.80. The van der Waals surface area contributed by atoms with Crippen LogP contribution in [-0.2, 0) is 19.2 Å². The summed E-state index contributed by atoms with van der Waals surface area (Å²) in [6.45, 7) is 11.4. The molecule has 1 saturated heterocycles. The number of ether oxygens (including phenoxy) is 1. The topological polar surface area (TPSA) is 76.1 Å². The second-order valence-electron chi connectivity index (χ2n) is 8.93. The highest BCUT2D eigenvalue weighted by Crippen LogP contribution is 2.40. The summed E-state index contributed by atoms with van der Waals surface area (Å²) in [5.41, 5.74) is -0.524. The lowest BCUT2D eigenvalue weighted by Gasteiger charge is -2.53. The Labute approximate surface area is 164 Å². The Kier molecular flexibility index (Phi) is 9.74. The second-order valence-corrected chi connectivity index (χ2v) is 8.93. The van der Waals surface area contributed by atoms with Crippen LogP contribution in [0.5, 0.6) is 0 Å². The third kappa shape index (κ3) is 8.60. The van der Waals surface area contributed by atoms with E-state index in [0.29, 0.717) is 19.4 Å². The predicted molar refractivity (Wildman–Crippen MR) is 105 cm³/mol. The van der Waals surface area contributed by atoms with Gasteiger partial charge in [-0.15, -0.1) is 0 Å². The molecule has 158 valence electrons. The van der Waals surface area contributed by atoms with Crippen molar-refractivity contribution in [2.24, 2.45) is 0 Å². The number of piperidine rings is 1. The van der Waals surface area contributed by atoms with Crippen molar-refractivity contribution in [2.45, 2.75) is 116 Å². The minimum atomic E-state index is -0.981. The maximum atomic E-state index is 11.9. The quantitative estimate of drug-likeness (QED) is 0.387. The van der Waals surface area contributed by atoms with Crippen molar-refractivity contribution in [1.29, 1.82) is 0 Å². The number of hydrogen-bond donors (Lipinski definition) is 1. The van der Waals surface area contributed by atoms with Crippen LogP contribution in [0.15, 0.2) is 0 Å². The van der Waals surface area contributed by atoms with Gasteiger partial charge >= 0.3 is 11.9 Å². The number of rotatable bonds is 12. The summed E-state index contributed by atoms with van der Waals surface area (Å²) in [5.74, 6) is -1.42. The molecular weight excluding hydrogens is 346 g/mol. The molecule has 1 heterocycles. The van der Waals surface area contributed by atoms with Crippen LogP contribution in [0.1, 0.15) is 98.8 Å². The van der Waals surface area contributed by atoms with E-state index in [1.54, 1.807) is 0 Å². The molecule has 0 unspecified atom stereocenters.